The summed E-state index contributed by atoms with van der Waals surface area (Å²) in [6.45, 7) is 10.0. The van der Waals surface area contributed by atoms with E-state index in [9.17, 15) is 18.0 Å². The molecule has 0 aromatic carbocycles. The van der Waals surface area contributed by atoms with Gasteiger partial charge >= 0.3 is 12.3 Å². The quantitative estimate of drug-likeness (QED) is 0.641. The van der Waals surface area contributed by atoms with Gasteiger partial charge < -0.3 is 14.5 Å². The maximum absolute atomic E-state index is 12.9. The van der Waals surface area contributed by atoms with Gasteiger partial charge in [-0.3, -0.25) is 0 Å². The third-order valence-electron chi connectivity index (χ3n) is 5.74. The topological polar surface area (TPSA) is 58.6 Å². The molecule has 0 bridgehead atoms. The fourth-order valence-electron chi connectivity index (χ4n) is 4.45. The molecule has 31 heavy (non-hydrogen) atoms. The number of aryl methyl sites for hydroxylation is 1. The second-order valence-corrected chi connectivity index (χ2v) is 10.8. The highest BCUT2D eigenvalue weighted by Gasteiger charge is 2.46. The first-order chi connectivity index (χ1) is 14.3. The lowest BCUT2D eigenvalue weighted by Gasteiger charge is -2.27. The number of carbonyl (C=O) groups excluding carboxylic acids is 1. The number of anilines is 1. The molecule has 2 fully saturated rings. The molecular formula is C21H27F3N4O2S. The number of thiophene rings is 1. The van der Waals surface area contributed by atoms with Gasteiger partial charge in [0, 0.05) is 36.5 Å². The van der Waals surface area contributed by atoms with Crippen LogP contribution < -0.4 is 4.90 Å². The number of hydrogen-bond acceptors (Lipinski definition) is 6. The van der Waals surface area contributed by atoms with Crippen LogP contribution >= 0.6 is 11.3 Å². The molecule has 2 aliphatic rings. The number of amides is 1. The molecule has 0 saturated carbocycles. The Morgan fingerprint density at radius 3 is 2.58 bits per heavy atom. The average molecular weight is 457 g/mol. The molecule has 0 N–H and O–H groups in total. The predicted octanol–water partition coefficient (Wildman–Crippen LogP) is 4.94. The summed E-state index contributed by atoms with van der Waals surface area (Å²) in [6.07, 6.45) is -3.73. The van der Waals surface area contributed by atoms with Crippen molar-refractivity contribution in [2.75, 3.05) is 31.1 Å². The summed E-state index contributed by atoms with van der Waals surface area (Å²) in [7, 11) is 0. The molecule has 1 unspecified atom stereocenters. The largest absolute Gasteiger partial charge is 0.444 e. The van der Waals surface area contributed by atoms with Crippen molar-refractivity contribution >= 4 is 33.5 Å². The zero-order valence-corrected chi connectivity index (χ0v) is 19.0. The number of carbonyl (C=O) groups is 1. The molecule has 1 atom stereocenters. The smallest absolute Gasteiger partial charge is 0.410 e. The highest BCUT2D eigenvalue weighted by Crippen LogP contribution is 2.43. The van der Waals surface area contributed by atoms with E-state index in [-0.39, 0.29) is 16.4 Å². The van der Waals surface area contributed by atoms with Crippen LogP contribution in [-0.2, 0) is 11.2 Å². The first kappa shape index (κ1) is 22.1. The lowest BCUT2D eigenvalue weighted by molar-refractivity contribution is -0.126. The lowest BCUT2D eigenvalue weighted by atomic mass is 9.86. The number of fused-ring (bicyclic) bond motifs is 1. The third kappa shape index (κ3) is 4.88. The maximum Gasteiger partial charge on any atom is 0.410 e. The van der Waals surface area contributed by atoms with E-state index in [4.69, 9.17) is 4.74 Å². The van der Waals surface area contributed by atoms with Crippen molar-refractivity contribution in [1.29, 1.82) is 0 Å². The van der Waals surface area contributed by atoms with Gasteiger partial charge in [0.25, 0.3) is 0 Å². The zero-order chi connectivity index (χ0) is 22.6. The standard InChI is InChI=1S/C21H27F3N4O2S/c1-13-25-16(15-9-14(10-21(22,23)24)31-17(15)26-13)27-7-5-20(11-27)6-8-28(12-20)18(29)30-19(2,3)4/h9H,5-8,10-12H2,1-4H3. The van der Waals surface area contributed by atoms with E-state index in [0.29, 0.717) is 41.5 Å². The number of ether oxygens (including phenoxy) is 1. The Bertz CT molecular complexity index is 1000. The molecule has 6 nitrogen and oxygen atoms in total. The zero-order valence-electron chi connectivity index (χ0n) is 18.2. The monoisotopic (exact) mass is 456 g/mol. The minimum Gasteiger partial charge on any atom is -0.444 e. The number of nitrogens with zero attached hydrogens (tertiary/aromatic N) is 4. The number of rotatable bonds is 2. The van der Waals surface area contributed by atoms with Crippen LogP contribution in [0.5, 0.6) is 0 Å². The predicted molar refractivity (Wildman–Crippen MR) is 114 cm³/mol. The fraction of sp³-hybridized carbons (Fsp3) is 0.667. The van der Waals surface area contributed by atoms with Crippen molar-refractivity contribution in [1.82, 2.24) is 14.9 Å². The highest BCUT2D eigenvalue weighted by molar-refractivity contribution is 7.18. The SMILES string of the molecule is Cc1nc(N2CCC3(CCN(C(=O)OC(C)(C)C)C3)C2)c2cc(CC(F)(F)F)sc2n1. The summed E-state index contributed by atoms with van der Waals surface area (Å²) in [5.41, 5.74) is -0.585. The van der Waals surface area contributed by atoms with Gasteiger partial charge in [0.15, 0.2) is 0 Å². The van der Waals surface area contributed by atoms with E-state index < -0.39 is 18.2 Å². The number of likely N-dealkylation sites (tertiary alicyclic amines) is 1. The van der Waals surface area contributed by atoms with E-state index in [2.05, 4.69) is 14.9 Å². The van der Waals surface area contributed by atoms with E-state index in [1.54, 1.807) is 17.9 Å². The van der Waals surface area contributed by atoms with E-state index >= 15 is 0 Å². The Kier molecular flexibility index (Phi) is 5.34. The maximum atomic E-state index is 12.9. The first-order valence-electron chi connectivity index (χ1n) is 10.4. The van der Waals surface area contributed by atoms with Crippen molar-refractivity contribution in [2.45, 2.75) is 58.7 Å². The van der Waals surface area contributed by atoms with Crippen LogP contribution in [0.3, 0.4) is 0 Å². The van der Waals surface area contributed by atoms with Crippen LogP contribution in [0.25, 0.3) is 10.2 Å². The summed E-state index contributed by atoms with van der Waals surface area (Å²) in [4.78, 5) is 26.2. The Labute approximate surface area is 183 Å². The first-order valence-corrected chi connectivity index (χ1v) is 11.2. The van der Waals surface area contributed by atoms with Crippen LogP contribution in [-0.4, -0.2) is 58.9 Å². The Morgan fingerprint density at radius 1 is 1.19 bits per heavy atom. The van der Waals surface area contributed by atoms with Gasteiger partial charge in [-0.25, -0.2) is 14.8 Å². The molecule has 2 saturated heterocycles. The van der Waals surface area contributed by atoms with Crippen molar-refractivity contribution < 1.29 is 22.7 Å². The molecule has 4 heterocycles. The van der Waals surface area contributed by atoms with E-state index in [1.165, 1.54) is 0 Å². The molecule has 10 heteroatoms. The lowest BCUT2D eigenvalue weighted by Crippen LogP contribution is -2.37. The average Bonchev–Trinajstić information content (AvgIpc) is 3.30. The van der Waals surface area contributed by atoms with Gasteiger partial charge in [-0.2, -0.15) is 13.2 Å². The van der Waals surface area contributed by atoms with Crippen molar-refractivity contribution in [3.8, 4) is 0 Å². The van der Waals surface area contributed by atoms with Crippen molar-refractivity contribution in [2.24, 2.45) is 5.41 Å². The molecule has 2 aliphatic heterocycles. The summed E-state index contributed by atoms with van der Waals surface area (Å²) in [5.74, 6) is 1.24. The number of hydrogen-bond donors (Lipinski definition) is 0. The van der Waals surface area contributed by atoms with Gasteiger partial charge in [-0.1, -0.05) is 0 Å². The van der Waals surface area contributed by atoms with Crippen LogP contribution in [0.15, 0.2) is 6.07 Å². The summed E-state index contributed by atoms with van der Waals surface area (Å²) < 4.78 is 44.1. The van der Waals surface area contributed by atoms with Gasteiger partial charge in [0.2, 0.25) is 0 Å². The second kappa shape index (κ2) is 7.50. The van der Waals surface area contributed by atoms with Crippen LogP contribution in [0.1, 0.15) is 44.3 Å². The van der Waals surface area contributed by atoms with E-state index in [0.717, 1.165) is 30.7 Å². The van der Waals surface area contributed by atoms with Gasteiger partial charge in [0.05, 0.1) is 11.8 Å². The summed E-state index contributed by atoms with van der Waals surface area (Å²) >= 11 is 1.08. The minimum atomic E-state index is -4.25. The Morgan fingerprint density at radius 2 is 1.90 bits per heavy atom. The van der Waals surface area contributed by atoms with E-state index in [1.807, 2.05) is 20.8 Å². The fourth-order valence-corrected chi connectivity index (χ4v) is 5.55. The molecule has 170 valence electrons. The number of aromatic nitrogens is 2. The third-order valence-corrected chi connectivity index (χ3v) is 6.77. The molecular weight excluding hydrogens is 429 g/mol. The highest BCUT2D eigenvalue weighted by atomic mass is 32.1. The Balaban J connectivity index is 1.53. The van der Waals surface area contributed by atoms with Gasteiger partial charge in [-0.05, 0) is 46.6 Å². The second-order valence-electron chi connectivity index (χ2n) is 9.64. The Hall–Kier alpha value is -2.10. The van der Waals surface area contributed by atoms with Crippen molar-refractivity contribution in [3.63, 3.8) is 0 Å². The summed E-state index contributed by atoms with van der Waals surface area (Å²) in [5, 5.41) is 0.675. The van der Waals surface area contributed by atoms with Gasteiger partial charge in [0.1, 0.15) is 22.1 Å². The molecule has 0 aliphatic carbocycles. The summed E-state index contributed by atoms with van der Waals surface area (Å²) in [6, 6.07) is 1.58. The molecule has 4 rings (SSSR count). The molecule has 0 radical (unpaired) electrons. The minimum absolute atomic E-state index is 0.0487. The van der Waals surface area contributed by atoms with Crippen LogP contribution in [0.4, 0.5) is 23.8 Å². The number of halogens is 3. The molecule has 2 aromatic rings. The van der Waals surface area contributed by atoms with Crippen LogP contribution in [0.2, 0.25) is 0 Å². The molecule has 2 aromatic heterocycles. The van der Waals surface area contributed by atoms with Crippen molar-refractivity contribution in [3.05, 3.63) is 16.8 Å². The number of alkyl halides is 3. The normalized spacial score (nSPS) is 22.2. The molecule has 1 amide bonds. The van der Waals surface area contributed by atoms with Gasteiger partial charge in [-0.15, -0.1) is 11.3 Å². The molecule has 1 spiro atoms. The van der Waals surface area contributed by atoms with Crippen LogP contribution in [0, 0.1) is 12.3 Å².